The summed E-state index contributed by atoms with van der Waals surface area (Å²) in [4.78, 5) is 11.0. The van der Waals surface area contributed by atoms with Crippen molar-refractivity contribution in [1.82, 2.24) is 9.78 Å². The Bertz CT molecular complexity index is 632. The summed E-state index contributed by atoms with van der Waals surface area (Å²) in [7, 11) is 1.81. The monoisotopic (exact) mass is 306 g/mol. The predicted octanol–water partition coefficient (Wildman–Crippen LogP) is 3.48. The molecule has 2 aromatic rings. The minimum Gasteiger partial charge on any atom is -0.489 e. The van der Waals surface area contributed by atoms with E-state index in [2.05, 4.69) is 5.10 Å². The molecule has 0 saturated heterocycles. The van der Waals surface area contributed by atoms with Crippen LogP contribution in [-0.2, 0) is 24.9 Å². The van der Waals surface area contributed by atoms with E-state index in [-0.39, 0.29) is 5.78 Å². The van der Waals surface area contributed by atoms with Crippen LogP contribution in [0, 0.1) is 6.92 Å². The highest BCUT2D eigenvalue weighted by molar-refractivity contribution is 6.30. The van der Waals surface area contributed by atoms with Gasteiger partial charge < -0.3 is 9.53 Å². The lowest BCUT2D eigenvalue weighted by Crippen LogP contribution is -1.98. The normalized spacial score (nSPS) is 10.7. The smallest absolute Gasteiger partial charge is 0.133 e. The molecule has 5 heteroatoms. The summed E-state index contributed by atoms with van der Waals surface area (Å²) in [6, 6.07) is 7.79. The SMILES string of the molecule is CC(=O)CCc1ccc(OCc2c(C)nn(C)c2Cl)cc1. The summed E-state index contributed by atoms with van der Waals surface area (Å²) in [5, 5.41) is 4.85. The Hall–Kier alpha value is -1.81. The van der Waals surface area contributed by atoms with Gasteiger partial charge in [0, 0.05) is 19.0 Å². The van der Waals surface area contributed by atoms with Gasteiger partial charge in [-0.1, -0.05) is 23.7 Å². The van der Waals surface area contributed by atoms with Crippen molar-refractivity contribution in [2.24, 2.45) is 7.05 Å². The number of hydrogen-bond acceptors (Lipinski definition) is 3. The van der Waals surface area contributed by atoms with Gasteiger partial charge in [-0.2, -0.15) is 5.10 Å². The van der Waals surface area contributed by atoms with Crippen molar-refractivity contribution in [3.8, 4) is 5.75 Å². The van der Waals surface area contributed by atoms with Gasteiger partial charge in [-0.3, -0.25) is 4.68 Å². The summed E-state index contributed by atoms with van der Waals surface area (Å²) in [5.41, 5.74) is 2.91. The average Bonchev–Trinajstić information content (AvgIpc) is 2.69. The molecular weight excluding hydrogens is 288 g/mol. The maximum absolute atomic E-state index is 11.0. The molecule has 0 N–H and O–H groups in total. The lowest BCUT2D eigenvalue weighted by atomic mass is 10.1. The maximum atomic E-state index is 11.0. The average molecular weight is 307 g/mol. The second-order valence-electron chi connectivity index (χ2n) is 5.11. The summed E-state index contributed by atoms with van der Waals surface area (Å²) >= 11 is 6.16. The Morgan fingerprint density at radius 3 is 2.52 bits per heavy atom. The van der Waals surface area contributed by atoms with Crippen molar-refractivity contribution in [3.05, 3.63) is 46.2 Å². The van der Waals surface area contributed by atoms with Gasteiger partial charge in [0.05, 0.1) is 5.69 Å². The van der Waals surface area contributed by atoms with E-state index in [0.717, 1.165) is 29.0 Å². The number of rotatable bonds is 6. The molecule has 4 nitrogen and oxygen atoms in total. The third kappa shape index (κ3) is 4.08. The van der Waals surface area contributed by atoms with Crippen LogP contribution in [0.25, 0.3) is 0 Å². The fraction of sp³-hybridized carbons (Fsp3) is 0.375. The second-order valence-corrected chi connectivity index (χ2v) is 5.47. The van der Waals surface area contributed by atoms with Gasteiger partial charge in [-0.05, 0) is 38.0 Å². The molecule has 1 heterocycles. The third-order valence-electron chi connectivity index (χ3n) is 3.34. The fourth-order valence-electron chi connectivity index (χ4n) is 2.07. The topological polar surface area (TPSA) is 44.1 Å². The van der Waals surface area contributed by atoms with Gasteiger partial charge in [0.2, 0.25) is 0 Å². The summed E-state index contributed by atoms with van der Waals surface area (Å²) < 4.78 is 7.38. The van der Waals surface area contributed by atoms with E-state index in [4.69, 9.17) is 16.3 Å². The first-order valence-electron chi connectivity index (χ1n) is 6.86. The van der Waals surface area contributed by atoms with E-state index in [1.807, 2.05) is 38.2 Å². The number of aromatic nitrogens is 2. The molecule has 0 spiro atoms. The van der Waals surface area contributed by atoms with Crippen LogP contribution in [0.2, 0.25) is 5.15 Å². The molecule has 1 aromatic carbocycles. The molecule has 0 aliphatic carbocycles. The number of nitrogens with zero attached hydrogens (tertiary/aromatic N) is 2. The highest BCUT2D eigenvalue weighted by Gasteiger charge is 2.11. The Kier molecular flexibility index (Phi) is 5.02. The number of ketones is 1. The fourth-order valence-corrected chi connectivity index (χ4v) is 2.30. The number of ether oxygens (including phenoxy) is 1. The number of hydrogen-bond donors (Lipinski definition) is 0. The van der Waals surface area contributed by atoms with E-state index in [1.54, 1.807) is 11.6 Å². The molecule has 112 valence electrons. The molecule has 0 radical (unpaired) electrons. The van der Waals surface area contributed by atoms with Gasteiger partial charge >= 0.3 is 0 Å². The van der Waals surface area contributed by atoms with Crippen LogP contribution in [-0.4, -0.2) is 15.6 Å². The molecule has 0 bridgehead atoms. The predicted molar refractivity (Wildman–Crippen MR) is 82.7 cm³/mol. The number of carbonyl (C=O) groups excluding carboxylic acids is 1. The number of benzene rings is 1. The molecule has 0 saturated carbocycles. The Morgan fingerprint density at radius 2 is 2.00 bits per heavy atom. The standard InChI is InChI=1S/C16H19ClN2O2/c1-11(20)4-5-13-6-8-14(9-7-13)21-10-15-12(2)18-19(3)16(15)17/h6-9H,4-5,10H2,1-3H3. The summed E-state index contributed by atoms with van der Waals surface area (Å²) in [6.45, 7) is 3.91. The van der Waals surface area contributed by atoms with Gasteiger partial charge in [0.15, 0.2) is 0 Å². The van der Waals surface area contributed by atoms with Crippen molar-refractivity contribution >= 4 is 17.4 Å². The Morgan fingerprint density at radius 1 is 1.33 bits per heavy atom. The van der Waals surface area contributed by atoms with Crippen molar-refractivity contribution < 1.29 is 9.53 Å². The first kappa shape index (κ1) is 15.6. The first-order valence-corrected chi connectivity index (χ1v) is 7.24. The lowest BCUT2D eigenvalue weighted by Gasteiger charge is -2.07. The lowest BCUT2D eigenvalue weighted by molar-refractivity contribution is -0.116. The minimum atomic E-state index is 0.206. The van der Waals surface area contributed by atoms with Crippen LogP contribution in [0.1, 0.15) is 30.2 Å². The molecule has 1 aromatic heterocycles. The van der Waals surface area contributed by atoms with Crippen molar-refractivity contribution in [2.45, 2.75) is 33.3 Å². The molecule has 0 aliphatic rings. The van der Waals surface area contributed by atoms with E-state index >= 15 is 0 Å². The van der Waals surface area contributed by atoms with E-state index < -0.39 is 0 Å². The maximum Gasteiger partial charge on any atom is 0.133 e. The highest BCUT2D eigenvalue weighted by Crippen LogP contribution is 2.21. The highest BCUT2D eigenvalue weighted by atomic mass is 35.5. The summed E-state index contributed by atoms with van der Waals surface area (Å²) in [6.07, 6.45) is 1.34. The molecule has 0 fully saturated rings. The zero-order chi connectivity index (χ0) is 15.4. The minimum absolute atomic E-state index is 0.206. The largest absolute Gasteiger partial charge is 0.489 e. The number of aryl methyl sites for hydroxylation is 3. The van der Waals surface area contributed by atoms with Gasteiger partial charge in [-0.25, -0.2) is 0 Å². The van der Waals surface area contributed by atoms with Gasteiger partial charge in [0.1, 0.15) is 23.3 Å². The van der Waals surface area contributed by atoms with Crippen molar-refractivity contribution in [2.75, 3.05) is 0 Å². The molecule has 21 heavy (non-hydrogen) atoms. The molecule has 0 aliphatic heterocycles. The Balaban J connectivity index is 1.96. The molecular formula is C16H19ClN2O2. The Labute approximate surface area is 129 Å². The molecule has 0 unspecified atom stereocenters. The molecule has 0 amide bonds. The van der Waals surface area contributed by atoms with Crippen molar-refractivity contribution in [1.29, 1.82) is 0 Å². The van der Waals surface area contributed by atoms with Crippen molar-refractivity contribution in [3.63, 3.8) is 0 Å². The quantitative estimate of drug-likeness (QED) is 0.820. The van der Waals surface area contributed by atoms with Gasteiger partial charge in [0.25, 0.3) is 0 Å². The van der Waals surface area contributed by atoms with Crippen LogP contribution >= 0.6 is 11.6 Å². The van der Waals surface area contributed by atoms with Crippen LogP contribution in [0.3, 0.4) is 0 Å². The zero-order valence-corrected chi connectivity index (χ0v) is 13.3. The van der Waals surface area contributed by atoms with E-state index in [1.165, 1.54) is 0 Å². The zero-order valence-electron chi connectivity index (χ0n) is 12.5. The van der Waals surface area contributed by atoms with Crippen LogP contribution < -0.4 is 4.74 Å². The van der Waals surface area contributed by atoms with Crippen LogP contribution in [0.15, 0.2) is 24.3 Å². The first-order chi connectivity index (χ1) is 9.97. The van der Waals surface area contributed by atoms with E-state index in [0.29, 0.717) is 18.2 Å². The molecule has 0 atom stereocenters. The summed E-state index contributed by atoms with van der Waals surface area (Å²) in [5.74, 6) is 0.984. The van der Waals surface area contributed by atoms with Gasteiger partial charge in [-0.15, -0.1) is 0 Å². The van der Waals surface area contributed by atoms with E-state index in [9.17, 15) is 4.79 Å². The third-order valence-corrected chi connectivity index (χ3v) is 3.81. The van der Waals surface area contributed by atoms with Crippen LogP contribution in [0.4, 0.5) is 0 Å². The molecule has 2 rings (SSSR count). The number of Topliss-reactive ketones (excluding diaryl/α,β-unsaturated/α-hetero) is 1. The number of carbonyl (C=O) groups is 1. The number of halogens is 1. The van der Waals surface area contributed by atoms with Crippen LogP contribution in [0.5, 0.6) is 5.75 Å². The second kappa shape index (κ2) is 6.76.